The Kier molecular flexibility index (Phi) is 4.99. The first-order chi connectivity index (χ1) is 12.1. The van der Waals surface area contributed by atoms with Gasteiger partial charge in [-0.1, -0.05) is 0 Å². The largest absolute Gasteiger partial charge is 0.461 e. The molecule has 3 N–H and O–H groups in total. The third-order valence-corrected chi connectivity index (χ3v) is 3.90. The molecule has 1 aromatic carbocycles. The van der Waals surface area contributed by atoms with Crippen LogP contribution in [0.4, 0.5) is 0 Å². The fraction of sp³-hybridized carbons (Fsp3) is 0.353. The number of carbonyl (C=O) groups is 3. The van der Waals surface area contributed by atoms with Crippen molar-refractivity contribution in [1.29, 1.82) is 0 Å². The number of H-pyrrole nitrogens is 1. The first-order valence-corrected chi connectivity index (χ1v) is 8.10. The molecule has 132 valence electrons. The van der Waals surface area contributed by atoms with E-state index in [0.29, 0.717) is 35.2 Å². The van der Waals surface area contributed by atoms with E-state index in [4.69, 9.17) is 9.47 Å². The summed E-state index contributed by atoms with van der Waals surface area (Å²) in [4.78, 5) is 38.7. The van der Waals surface area contributed by atoms with E-state index in [1.54, 1.807) is 31.2 Å². The van der Waals surface area contributed by atoms with Gasteiger partial charge in [0.25, 0.3) is 11.8 Å². The van der Waals surface area contributed by atoms with Crippen LogP contribution >= 0.6 is 0 Å². The van der Waals surface area contributed by atoms with Crippen molar-refractivity contribution < 1.29 is 23.9 Å². The Balaban J connectivity index is 1.66. The number of hydrazine groups is 1. The van der Waals surface area contributed by atoms with Crippen LogP contribution in [0.25, 0.3) is 10.9 Å². The Morgan fingerprint density at radius 3 is 2.84 bits per heavy atom. The van der Waals surface area contributed by atoms with Gasteiger partial charge in [0.05, 0.1) is 6.61 Å². The van der Waals surface area contributed by atoms with E-state index in [-0.39, 0.29) is 12.5 Å². The van der Waals surface area contributed by atoms with E-state index in [9.17, 15) is 14.4 Å². The number of esters is 1. The average Bonchev–Trinajstić information content (AvgIpc) is 3.28. The predicted molar refractivity (Wildman–Crippen MR) is 88.8 cm³/mol. The van der Waals surface area contributed by atoms with E-state index >= 15 is 0 Å². The van der Waals surface area contributed by atoms with Crippen LogP contribution in [0.3, 0.4) is 0 Å². The Labute approximate surface area is 143 Å². The number of amides is 2. The van der Waals surface area contributed by atoms with Gasteiger partial charge in [0.15, 0.2) is 0 Å². The van der Waals surface area contributed by atoms with Gasteiger partial charge < -0.3 is 14.5 Å². The van der Waals surface area contributed by atoms with Crippen LogP contribution in [0.5, 0.6) is 0 Å². The highest BCUT2D eigenvalue weighted by Gasteiger charge is 2.23. The third kappa shape index (κ3) is 3.80. The maximum atomic E-state index is 12.2. The van der Waals surface area contributed by atoms with Crippen molar-refractivity contribution in [2.75, 3.05) is 13.2 Å². The number of benzene rings is 1. The van der Waals surface area contributed by atoms with Crippen molar-refractivity contribution in [3.8, 4) is 0 Å². The maximum absolute atomic E-state index is 12.2. The average molecular weight is 345 g/mol. The van der Waals surface area contributed by atoms with Gasteiger partial charge in [-0.3, -0.25) is 20.4 Å². The van der Waals surface area contributed by atoms with E-state index in [1.165, 1.54) is 0 Å². The van der Waals surface area contributed by atoms with E-state index in [0.717, 1.165) is 6.42 Å². The van der Waals surface area contributed by atoms with E-state index in [2.05, 4.69) is 15.8 Å². The Morgan fingerprint density at radius 2 is 2.12 bits per heavy atom. The summed E-state index contributed by atoms with van der Waals surface area (Å²) in [5.74, 6) is -1.26. The molecule has 0 spiro atoms. The fourth-order valence-electron chi connectivity index (χ4n) is 2.65. The van der Waals surface area contributed by atoms with Crippen molar-refractivity contribution in [2.45, 2.75) is 25.9 Å². The lowest BCUT2D eigenvalue weighted by atomic mass is 10.1. The maximum Gasteiger partial charge on any atom is 0.354 e. The molecule has 0 aliphatic carbocycles. The molecule has 8 heteroatoms. The molecule has 2 heterocycles. The Hall–Kier alpha value is -2.87. The minimum absolute atomic E-state index is 0.284. The molecular weight excluding hydrogens is 326 g/mol. The monoisotopic (exact) mass is 345 g/mol. The number of hydrogen-bond acceptors (Lipinski definition) is 5. The standard InChI is InChI=1S/C17H19N3O5/c1-2-24-17(23)13-9-11-8-10(5-6-12(11)18-13)15(21)19-20-16(22)14-4-3-7-25-14/h5-6,8-9,14,18H,2-4,7H2,1H3,(H,19,21)(H,20,22). The molecule has 8 nitrogen and oxygen atoms in total. The number of nitrogens with one attached hydrogen (secondary N) is 3. The molecule has 1 aromatic heterocycles. The highest BCUT2D eigenvalue weighted by atomic mass is 16.5. The summed E-state index contributed by atoms with van der Waals surface area (Å²) in [5.41, 5.74) is 6.12. The minimum Gasteiger partial charge on any atom is -0.461 e. The van der Waals surface area contributed by atoms with Gasteiger partial charge in [-0.2, -0.15) is 0 Å². The SMILES string of the molecule is CCOC(=O)c1cc2cc(C(=O)NNC(=O)C3CCCO3)ccc2[nH]1. The van der Waals surface area contributed by atoms with Crippen LogP contribution < -0.4 is 10.9 Å². The van der Waals surface area contributed by atoms with Crippen molar-refractivity contribution >= 4 is 28.7 Å². The zero-order valence-electron chi connectivity index (χ0n) is 13.8. The molecule has 2 aromatic rings. The molecule has 0 saturated carbocycles. The Morgan fingerprint density at radius 1 is 1.28 bits per heavy atom. The highest BCUT2D eigenvalue weighted by molar-refractivity contribution is 6.01. The summed E-state index contributed by atoms with van der Waals surface area (Å²) in [6.07, 6.45) is 0.965. The summed E-state index contributed by atoms with van der Waals surface area (Å²) >= 11 is 0. The second-order valence-corrected chi connectivity index (χ2v) is 5.65. The molecule has 2 amide bonds. The van der Waals surface area contributed by atoms with Gasteiger partial charge in [0.2, 0.25) is 0 Å². The predicted octanol–water partition coefficient (Wildman–Crippen LogP) is 1.28. The molecular formula is C17H19N3O5. The molecule has 1 aliphatic rings. The zero-order valence-corrected chi connectivity index (χ0v) is 13.8. The highest BCUT2D eigenvalue weighted by Crippen LogP contribution is 2.18. The lowest BCUT2D eigenvalue weighted by Crippen LogP contribution is -2.46. The number of aromatic nitrogens is 1. The van der Waals surface area contributed by atoms with Crippen LogP contribution in [0.1, 0.15) is 40.6 Å². The number of fused-ring (bicyclic) bond motifs is 1. The first kappa shape index (κ1) is 17.0. The summed E-state index contributed by atoms with van der Waals surface area (Å²) in [6.45, 7) is 2.57. The molecule has 0 bridgehead atoms. The third-order valence-electron chi connectivity index (χ3n) is 3.90. The molecule has 0 radical (unpaired) electrons. The van der Waals surface area contributed by atoms with E-state index < -0.39 is 18.0 Å². The van der Waals surface area contributed by atoms with Crippen LogP contribution in [0.15, 0.2) is 24.3 Å². The van der Waals surface area contributed by atoms with E-state index in [1.807, 2.05) is 0 Å². The molecule has 1 aliphatic heterocycles. The molecule has 3 rings (SSSR count). The van der Waals surface area contributed by atoms with Crippen molar-refractivity contribution in [3.63, 3.8) is 0 Å². The first-order valence-electron chi connectivity index (χ1n) is 8.10. The lowest BCUT2D eigenvalue weighted by molar-refractivity contribution is -0.130. The second kappa shape index (κ2) is 7.35. The normalized spacial score (nSPS) is 16.6. The van der Waals surface area contributed by atoms with Crippen LogP contribution in [0, 0.1) is 0 Å². The van der Waals surface area contributed by atoms with Gasteiger partial charge in [-0.05, 0) is 44.0 Å². The van der Waals surface area contributed by atoms with Crippen LogP contribution in [-0.2, 0) is 14.3 Å². The number of rotatable bonds is 4. The van der Waals surface area contributed by atoms with Gasteiger partial charge in [-0.15, -0.1) is 0 Å². The second-order valence-electron chi connectivity index (χ2n) is 5.65. The number of aromatic amines is 1. The fourth-order valence-corrected chi connectivity index (χ4v) is 2.65. The van der Waals surface area contributed by atoms with Gasteiger partial charge >= 0.3 is 5.97 Å². The lowest BCUT2D eigenvalue weighted by Gasteiger charge is -2.11. The van der Waals surface area contributed by atoms with Crippen molar-refractivity contribution in [1.82, 2.24) is 15.8 Å². The quantitative estimate of drug-likeness (QED) is 0.571. The molecule has 1 saturated heterocycles. The summed E-state index contributed by atoms with van der Waals surface area (Å²) in [7, 11) is 0. The Bertz CT molecular complexity index is 808. The molecule has 1 atom stereocenters. The number of ether oxygens (including phenoxy) is 2. The zero-order chi connectivity index (χ0) is 17.8. The van der Waals surface area contributed by atoms with Crippen molar-refractivity contribution in [2.24, 2.45) is 0 Å². The minimum atomic E-state index is -0.514. The summed E-state index contributed by atoms with van der Waals surface area (Å²) < 4.78 is 10.2. The van der Waals surface area contributed by atoms with Crippen molar-refractivity contribution in [3.05, 3.63) is 35.5 Å². The number of hydrogen-bond donors (Lipinski definition) is 3. The number of carbonyl (C=O) groups excluding carboxylic acids is 3. The van der Waals surface area contributed by atoms with Gasteiger partial charge in [0.1, 0.15) is 11.8 Å². The molecule has 25 heavy (non-hydrogen) atoms. The van der Waals surface area contributed by atoms with Crippen LogP contribution in [0.2, 0.25) is 0 Å². The molecule has 1 unspecified atom stereocenters. The summed E-state index contributed by atoms with van der Waals surface area (Å²) in [6, 6.07) is 6.54. The van der Waals surface area contributed by atoms with Gasteiger partial charge in [-0.25, -0.2) is 4.79 Å². The van der Waals surface area contributed by atoms with Gasteiger partial charge in [0, 0.05) is 23.1 Å². The van der Waals surface area contributed by atoms with Crippen LogP contribution in [-0.4, -0.2) is 42.1 Å². The topological polar surface area (TPSA) is 110 Å². The summed E-state index contributed by atoms with van der Waals surface area (Å²) in [5, 5.41) is 0.696. The smallest absolute Gasteiger partial charge is 0.354 e. The molecule has 1 fully saturated rings.